The molecule has 78 valence electrons. The SMILES string of the molecule is C=Cn1cc(CC)ccc1=NC.CC. The van der Waals surface area contributed by atoms with Crippen molar-refractivity contribution >= 4 is 6.20 Å². The molecule has 14 heavy (non-hydrogen) atoms. The van der Waals surface area contributed by atoms with Crippen LogP contribution in [0.15, 0.2) is 29.9 Å². The summed E-state index contributed by atoms with van der Waals surface area (Å²) in [5.74, 6) is 0. The van der Waals surface area contributed by atoms with Crippen LogP contribution in [-0.2, 0) is 6.42 Å². The van der Waals surface area contributed by atoms with Crippen LogP contribution in [0.5, 0.6) is 0 Å². The van der Waals surface area contributed by atoms with E-state index in [1.807, 2.05) is 24.5 Å². The van der Waals surface area contributed by atoms with E-state index in [0.29, 0.717) is 0 Å². The highest BCUT2D eigenvalue weighted by atomic mass is 15.0. The van der Waals surface area contributed by atoms with Crippen LogP contribution in [0.1, 0.15) is 26.3 Å². The second kappa shape index (κ2) is 7.13. The molecule has 0 fully saturated rings. The molecular formula is C12H20N2. The average Bonchev–Trinajstić information content (AvgIpc) is 2.30. The predicted octanol–water partition coefficient (Wildman–Crippen LogP) is 2.71. The second-order valence-electron chi connectivity index (χ2n) is 2.56. The summed E-state index contributed by atoms with van der Waals surface area (Å²) < 4.78 is 1.93. The van der Waals surface area contributed by atoms with Crippen molar-refractivity contribution < 1.29 is 0 Å². The zero-order valence-electron chi connectivity index (χ0n) is 9.62. The van der Waals surface area contributed by atoms with E-state index >= 15 is 0 Å². The lowest BCUT2D eigenvalue weighted by Crippen LogP contribution is -2.15. The molecule has 0 aliphatic carbocycles. The van der Waals surface area contributed by atoms with Gasteiger partial charge in [0.15, 0.2) is 0 Å². The summed E-state index contributed by atoms with van der Waals surface area (Å²) in [4.78, 5) is 4.11. The molecule has 0 radical (unpaired) electrons. The summed E-state index contributed by atoms with van der Waals surface area (Å²) in [6.07, 6.45) is 4.86. The first-order valence-electron chi connectivity index (χ1n) is 5.08. The third-order valence-electron chi connectivity index (χ3n) is 1.85. The van der Waals surface area contributed by atoms with Crippen LogP contribution in [0.2, 0.25) is 0 Å². The number of hydrogen-bond acceptors (Lipinski definition) is 1. The summed E-state index contributed by atoms with van der Waals surface area (Å²) in [6, 6.07) is 4.09. The molecule has 0 aliphatic heterocycles. The van der Waals surface area contributed by atoms with Gasteiger partial charge in [-0.2, -0.15) is 0 Å². The van der Waals surface area contributed by atoms with E-state index in [-0.39, 0.29) is 0 Å². The van der Waals surface area contributed by atoms with Gasteiger partial charge in [-0.1, -0.05) is 33.4 Å². The van der Waals surface area contributed by atoms with E-state index in [1.54, 1.807) is 13.2 Å². The van der Waals surface area contributed by atoms with Crippen molar-refractivity contribution in [3.05, 3.63) is 36.0 Å². The highest BCUT2D eigenvalue weighted by molar-refractivity contribution is 5.21. The maximum absolute atomic E-state index is 4.11. The van der Waals surface area contributed by atoms with E-state index in [1.165, 1.54) is 5.56 Å². The van der Waals surface area contributed by atoms with E-state index in [2.05, 4.69) is 30.8 Å². The number of aromatic nitrogens is 1. The van der Waals surface area contributed by atoms with Crippen molar-refractivity contribution in [2.24, 2.45) is 4.99 Å². The molecule has 2 nitrogen and oxygen atoms in total. The Bertz CT molecular complexity index is 334. The van der Waals surface area contributed by atoms with Gasteiger partial charge in [0.1, 0.15) is 5.49 Å². The molecule has 0 N–H and O–H groups in total. The molecule has 0 spiro atoms. The fraction of sp³-hybridized carbons (Fsp3) is 0.417. The lowest BCUT2D eigenvalue weighted by molar-refractivity contribution is 0.957. The molecule has 1 aromatic rings. The number of nitrogens with zero attached hydrogens (tertiary/aromatic N) is 2. The van der Waals surface area contributed by atoms with Gasteiger partial charge in [0.2, 0.25) is 0 Å². The lowest BCUT2D eigenvalue weighted by atomic mass is 10.2. The fourth-order valence-corrected chi connectivity index (χ4v) is 1.10. The minimum Gasteiger partial charge on any atom is -0.309 e. The van der Waals surface area contributed by atoms with Crippen LogP contribution in [-0.4, -0.2) is 11.6 Å². The van der Waals surface area contributed by atoms with Crippen LogP contribution in [0.4, 0.5) is 0 Å². The lowest BCUT2D eigenvalue weighted by Gasteiger charge is -2.02. The zero-order chi connectivity index (χ0) is 11.0. The van der Waals surface area contributed by atoms with E-state index in [0.717, 1.165) is 11.9 Å². The Morgan fingerprint density at radius 3 is 2.50 bits per heavy atom. The molecule has 0 unspecified atom stereocenters. The predicted molar refractivity (Wildman–Crippen MR) is 63.0 cm³/mol. The Morgan fingerprint density at radius 2 is 2.07 bits per heavy atom. The molecule has 1 heterocycles. The zero-order valence-corrected chi connectivity index (χ0v) is 9.62. The van der Waals surface area contributed by atoms with Gasteiger partial charge in [0.05, 0.1) is 0 Å². The van der Waals surface area contributed by atoms with E-state index in [9.17, 15) is 0 Å². The second-order valence-corrected chi connectivity index (χ2v) is 2.56. The minimum atomic E-state index is 0.933. The largest absolute Gasteiger partial charge is 0.309 e. The molecule has 0 saturated heterocycles. The summed E-state index contributed by atoms with van der Waals surface area (Å²) >= 11 is 0. The van der Waals surface area contributed by atoms with Gasteiger partial charge in [-0.05, 0) is 18.1 Å². The van der Waals surface area contributed by atoms with Gasteiger partial charge < -0.3 is 4.57 Å². The Kier molecular flexibility index (Phi) is 6.46. The van der Waals surface area contributed by atoms with Crippen LogP contribution in [0, 0.1) is 0 Å². The van der Waals surface area contributed by atoms with Crippen LogP contribution in [0.3, 0.4) is 0 Å². The van der Waals surface area contributed by atoms with Crippen LogP contribution < -0.4 is 5.49 Å². The number of hydrogen-bond donors (Lipinski definition) is 0. The summed E-state index contributed by atoms with van der Waals surface area (Å²) in [5.41, 5.74) is 2.23. The highest BCUT2D eigenvalue weighted by Gasteiger charge is 1.90. The van der Waals surface area contributed by atoms with Gasteiger partial charge in [-0.15, -0.1) is 0 Å². The fourth-order valence-electron chi connectivity index (χ4n) is 1.10. The molecule has 2 heteroatoms. The van der Waals surface area contributed by atoms with Crippen molar-refractivity contribution in [3.8, 4) is 0 Å². The number of rotatable bonds is 2. The molecule has 0 aliphatic rings. The maximum atomic E-state index is 4.11. The normalized spacial score (nSPS) is 10.4. The highest BCUT2D eigenvalue weighted by Crippen LogP contribution is 1.96. The number of pyridine rings is 1. The van der Waals surface area contributed by atoms with Gasteiger partial charge in [-0.3, -0.25) is 4.99 Å². The topological polar surface area (TPSA) is 17.3 Å². The third-order valence-corrected chi connectivity index (χ3v) is 1.85. The first-order chi connectivity index (χ1) is 6.81. The van der Waals surface area contributed by atoms with Crippen LogP contribution in [0.25, 0.3) is 6.20 Å². The Hall–Kier alpha value is -1.31. The van der Waals surface area contributed by atoms with Crippen molar-refractivity contribution in [2.45, 2.75) is 27.2 Å². The quantitative estimate of drug-likeness (QED) is 0.685. The maximum Gasteiger partial charge on any atom is 0.131 e. The summed E-state index contributed by atoms with van der Waals surface area (Å²) in [6.45, 7) is 9.85. The summed E-state index contributed by atoms with van der Waals surface area (Å²) in [5, 5.41) is 0. The van der Waals surface area contributed by atoms with Crippen molar-refractivity contribution in [3.63, 3.8) is 0 Å². The smallest absolute Gasteiger partial charge is 0.131 e. The molecular weight excluding hydrogens is 172 g/mol. The van der Waals surface area contributed by atoms with Crippen molar-refractivity contribution in [1.29, 1.82) is 0 Å². The Morgan fingerprint density at radius 1 is 1.43 bits per heavy atom. The first-order valence-corrected chi connectivity index (χ1v) is 5.08. The number of aryl methyl sites for hydroxylation is 1. The Balaban J connectivity index is 0.000000791. The van der Waals surface area contributed by atoms with Gasteiger partial charge >= 0.3 is 0 Å². The molecule has 1 aromatic heterocycles. The van der Waals surface area contributed by atoms with Crippen molar-refractivity contribution in [2.75, 3.05) is 7.05 Å². The minimum absolute atomic E-state index is 0.933. The molecule has 0 saturated carbocycles. The molecule has 0 bridgehead atoms. The molecule has 1 rings (SSSR count). The molecule has 0 atom stereocenters. The average molecular weight is 192 g/mol. The Labute approximate surface area is 86.6 Å². The standard InChI is InChI=1S/C10H14N2.C2H6/c1-4-9-6-7-10(11-3)12(5-2)8-9;1-2/h5-8H,2,4H2,1,3H3;1-2H3. The van der Waals surface area contributed by atoms with E-state index in [4.69, 9.17) is 0 Å². The van der Waals surface area contributed by atoms with Gasteiger partial charge in [0.25, 0.3) is 0 Å². The molecule has 0 aromatic carbocycles. The van der Waals surface area contributed by atoms with Crippen molar-refractivity contribution in [1.82, 2.24) is 4.57 Å². The van der Waals surface area contributed by atoms with Gasteiger partial charge in [0, 0.05) is 19.4 Å². The monoisotopic (exact) mass is 192 g/mol. The first kappa shape index (κ1) is 12.7. The summed E-state index contributed by atoms with van der Waals surface area (Å²) in [7, 11) is 1.78. The molecule has 0 amide bonds. The van der Waals surface area contributed by atoms with E-state index < -0.39 is 0 Å². The van der Waals surface area contributed by atoms with Gasteiger partial charge in [-0.25, -0.2) is 0 Å². The van der Waals surface area contributed by atoms with Crippen LogP contribution >= 0.6 is 0 Å². The third kappa shape index (κ3) is 3.21.